The fourth-order valence-corrected chi connectivity index (χ4v) is 0.951. The number of nitriles is 1. The summed E-state index contributed by atoms with van der Waals surface area (Å²) in [4.78, 5) is 0. The summed E-state index contributed by atoms with van der Waals surface area (Å²) in [5, 5.41) is 8.50. The first-order valence-electron chi connectivity index (χ1n) is 4.80. The quantitative estimate of drug-likeness (QED) is 0.803. The van der Waals surface area contributed by atoms with Crippen molar-refractivity contribution < 1.29 is 22.6 Å². The number of alkyl halides is 3. The zero-order valence-electron chi connectivity index (χ0n) is 9.63. The number of ether oxygens (including phenoxy) is 2. The Labute approximate surface area is 97.4 Å². The van der Waals surface area contributed by atoms with Gasteiger partial charge in [0.2, 0.25) is 0 Å². The van der Waals surface area contributed by atoms with Gasteiger partial charge in [0.25, 0.3) is 0 Å². The molecule has 0 saturated carbocycles. The highest BCUT2D eigenvalue weighted by Gasteiger charge is 2.32. The third-order valence-corrected chi connectivity index (χ3v) is 1.52. The molecular formula is C11H12F3NO2. The number of rotatable bonds is 2. The monoisotopic (exact) mass is 247 g/mol. The van der Waals surface area contributed by atoms with E-state index in [1.54, 1.807) is 6.07 Å². The van der Waals surface area contributed by atoms with E-state index < -0.39 is 12.1 Å². The molecule has 94 valence electrons. The van der Waals surface area contributed by atoms with Crippen LogP contribution >= 0.6 is 0 Å². The van der Waals surface area contributed by atoms with Crippen LogP contribution in [0.15, 0.2) is 18.2 Å². The molecule has 17 heavy (non-hydrogen) atoms. The van der Waals surface area contributed by atoms with Gasteiger partial charge in [-0.2, -0.15) is 5.26 Å². The Morgan fingerprint density at radius 2 is 1.76 bits per heavy atom. The molecule has 0 atom stereocenters. The van der Waals surface area contributed by atoms with E-state index in [2.05, 4.69) is 9.47 Å². The maximum atomic E-state index is 11.9. The minimum absolute atomic E-state index is 0.0649. The predicted molar refractivity (Wildman–Crippen MR) is 55.7 cm³/mol. The van der Waals surface area contributed by atoms with Gasteiger partial charge in [0, 0.05) is 6.07 Å². The lowest BCUT2D eigenvalue weighted by atomic mass is 10.2. The fraction of sp³-hybridized carbons (Fsp3) is 0.364. The molecule has 0 unspecified atom stereocenters. The maximum absolute atomic E-state index is 11.9. The lowest BCUT2D eigenvalue weighted by Gasteiger charge is -2.12. The second-order valence-corrected chi connectivity index (χ2v) is 2.53. The summed E-state index contributed by atoms with van der Waals surface area (Å²) in [6, 6.07) is 5.24. The van der Waals surface area contributed by atoms with Gasteiger partial charge in [0.15, 0.2) is 11.5 Å². The molecule has 1 aromatic rings. The third-order valence-electron chi connectivity index (χ3n) is 1.52. The van der Waals surface area contributed by atoms with Crippen molar-refractivity contribution in [3.05, 3.63) is 23.8 Å². The van der Waals surface area contributed by atoms with E-state index >= 15 is 0 Å². The summed E-state index contributed by atoms with van der Waals surface area (Å²) in [7, 11) is 1.21. The molecule has 0 amide bonds. The summed E-state index contributed by atoms with van der Waals surface area (Å²) in [6.07, 6.45) is -4.80. The Kier molecular flexibility index (Phi) is 5.89. The molecule has 0 saturated heterocycles. The highest BCUT2D eigenvalue weighted by atomic mass is 19.4. The van der Waals surface area contributed by atoms with Gasteiger partial charge in [-0.25, -0.2) is 0 Å². The van der Waals surface area contributed by atoms with Gasteiger partial charge in [-0.15, -0.1) is 13.2 Å². The van der Waals surface area contributed by atoms with Gasteiger partial charge in [0.05, 0.1) is 18.7 Å². The Morgan fingerprint density at radius 3 is 2.18 bits per heavy atom. The molecule has 0 aliphatic heterocycles. The number of benzene rings is 1. The van der Waals surface area contributed by atoms with Crippen LogP contribution in [0.25, 0.3) is 0 Å². The topological polar surface area (TPSA) is 42.2 Å². The minimum Gasteiger partial charge on any atom is -0.493 e. The summed E-state index contributed by atoms with van der Waals surface area (Å²) >= 11 is 0. The Hall–Kier alpha value is -1.90. The van der Waals surface area contributed by atoms with Gasteiger partial charge < -0.3 is 9.47 Å². The molecule has 0 heterocycles. The van der Waals surface area contributed by atoms with Crippen LogP contribution in [0.3, 0.4) is 0 Å². The molecular weight excluding hydrogens is 235 g/mol. The molecule has 0 aromatic heterocycles. The SMILES string of the molecule is CC.COc1ccc(C#N)cc1OC(F)(F)F. The van der Waals surface area contributed by atoms with Gasteiger partial charge in [-0.1, -0.05) is 13.8 Å². The molecule has 3 nitrogen and oxygen atoms in total. The first kappa shape index (κ1) is 15.1. The molecule has 0 radical (unpaired) electrons. The van der Waals surface area contributed by atoms with Crippen LogP contribution in [0.4, 0.5) is 13.2 Å². The van der Waals surface area contributed by atoms with Crippen LogP contribution < -0.4 is 9.47 Å². The largest absolute Gasteiger partial charge is 0.573 e. The third kappa shape index (κ3) is 5.11. The minimum atomic E-state index is -4.80. The van der Waals surface area contributed by atoms with Crippen LogP contribution in [0, 0.1) is 11.3 Å². The van der Waals surface area contributed by atoms with Crippen LogP contribution in [0.5, 0.6) is 11.5 Å². The van der Waals surface area contributed by atoms with E-state index in [0.717, 1.165) is 6.07 Å². The van der Waals surface area contributed by atoms with Crippen LogP contribution in [-0.2, 0) is 0 Å². The van der Waals surface area contributed by atoms with Crippen molar-refractivity contribution in [1.29, 1.82) is 5.26 Å². The second-order valence-electron chi connectivity index (χ2n) is 2.53. The zero-order chi connectivity index (χ0) is 13.5. The lowest BCUT2D eigenvalue weighted by molar-refractivity contribution is -0.275. The number of hydrogen-bond acceptors (Lipinski definition) is 3. The van der Waals surface area contributed by atoms with Crippen LogP contribution in [0.2, 0.25) is 0 Å². The van der Waals surface area contributed by atoms with Gasteiger partial charge in [0.1, 0.15) is 0 Å². The standard InChI is InChI=1S/C9H6F3NO2.C2H6/c1-14-7-3-2-6(5-13)4-8(7)15-9(10,11)12;1-2/h2-4H,1H3;1-2H3. The normalized spacial score (nSPS) is 9.71. The van der Waals surface area contributed by atoms with Gasteiger partial charge in [-0.05, 0) is 12.1 Å². The number of methoxy groups -OCH3 is 1. The van der Waals surface area contributed by atoms with E-state index in [1.165, 1.54) is 19.2 Å². The number of halogens is 3. The van der Waals surface area contributed by atoms with Gasteiger partial charge in [-0.3, -0.25) is 0 Å². The van der Waals surface area contributed by atoms with Gasteiger partial charge >= 0.3 is 6.36 Å². The highest BCUT2D eigenvalue weighted by molar-refractivity contribution is 5.46. The number of hydrogen-bond donors (Lipinski definition) is 0. The van der Waals surface area contributed by atoms with E-state index in [9.17, 15) is 13.2 Å². The summed E-state index contributed by atoms with van der Waals surface area (Å²) in [5.41, 5.74) is 0.0649. The lowest BCUT2D eigenvalue weighted by Crippen LogP contribution is -2.17. The maximum Gasteiger partial charge on any atom is 0.573 e. The molecule has 0 fully saturated rings. The van der Waals surface area contributed by atoms with Crippen molar-refractivity contribution in [3.8, 4) is 17.6 Å². The Bertz CT molecular complexity index is 397. The van der Waals surface area contributed by atoms with Crippen molar-refractivity contribution >= 4 is 0 Å². The van der Waals surface area contributed by atoms with Crippen molar-refractivity contribution in [3.63, 3.8) is 0 Å². The molecule has 0 aliphatic rings. The summed E-state index contributed by atoms with van der Waals surface area (Å²) in [5.74, 6) is -0.602. The average molecular weight is 247 g/mol. The van der Waals surface area contributed by atoms with Crippen molar-refractivity contribution in [2.45, 2.75) is 20.2 Å². The first-order valence-corrected chi connectivity index (χ1v) is 4.80. The Morgan fingerprint density at radius 1 is 1.18 bits per heavy atom. The summed E-state index contributed by atoms with van der Waals surface area (Å²) in [6.45, 7) is 4.00. The molecule has 0 aliphatic carbocycles. The van der Waals surface area contributed by atoms with E-state index in [4.69, 9.17) is 5.26 Å². The molecule has 0 N–H and O–H groups in total. The first-order chi connectivity index (χ1) is 7.96. The van der Waals surface area contributed by atoms with E-state index in [-0.39, 0.29) is 11.3 Å². The fourth-order valence-electron chi connectivity index (χ4n) is 0.951. The molecule has 0 spiro atoms. The van der Waals surface area contributed by atoms with Crippen LogP contribution in [-0.4, -0.2) is 13.5 Å². The summed E-state index contributed by atoms with van der Waals surface area (Å²) < 4.78 is 44.1. The molecule has 1 aromatic carbocycles. The average Bonchev–Trinajstić information content (AvgIpc) is 2.29. The van der Waals surface area contributed by atoms with Crippen molar-refractivity contribution in [2.75, 3.05) is 7.11 Å². The molecule has 6 heteroatoms. The van der Waals surface area contributed by atoms with E-state index in [1.807, 2.05) is 13.8 Å². The van der Waals surface area contributed by atoms with Crippen LogP contribution in [0.1, 0.15) is 19.4 Å². The zero-order valence-corrected chi connectivity index (χ0v) is 9.63. The smallest absolute Gasteiger partial charge is 0.493 e. The second kappa shape index (κ2) is 6.63. The Balaban J connectivity index is 0.00000121. The molecule has 0 bridgehead atoms. The highest BCUT2D eigenvalue weighted by Crippen LogP contribution is 2.32. The van der Waals surface area contributed by atoms with Crippen molar-refractivity contribution in [2.24, 2.45) is 0 Å². The van der Waals surface area contributed by atoms with Crippen molar-refractivity contribution in [1.82, 2.24) is 0 Å². The predicted octanol–water partition coefficient (Wildman–Crippen LogP) is 3.49. The number of nitrogens with zero attached hydrogens (tertiary/aromatic N) is 1. The van der Waals surface area contributed by atoms with E-state index in [0.29, 0.717) is 0 Å². The molecule has 1 rings (SSSR count).